The Balaban J connectivity index is 1.63. The van der Waals surface area contributed by atoms with Crippen molar-refractivity contribution in [2.24, 2.45) is 0 Å². The van der Waals surface area contributed by atoms with Crippen LogP contribution in [0.3, 0.4) is 0 Å². The zero-order valence-corrected chi connectivity index (χ0v) is 14.6. The van der Waals surface area contributed by atoms with Crippen LogP contribution in [-0.2, 0) is 9.53 Å². The molecular weight excluding hydrogens is 324 g/mol. The van der Waals surface area contributed by atoms with E-state index in [1.807, 2.05) is 19.1 Å². The molecule has 1 atom stereocenters. The summed E-state index contributed by atoms with van der Waals surface area (Å²) in [5.41, 5.74) is 0. The molecule has 2 saturated heterocycles. The number of furan rings is 1. The summed E-state index contributed by atoms with van der Waals surface area (Å²) < 4.78 is 11.2. The molecule has 0 aromatic carbocycles. The number of urea groups is 1. The minimum absolute atomic E-state index is 0.0395. The molecular formula is C17H26N4O4. The standard InChI is InChI=1S/C17H26N4O4/c1-13-3-4-15(25-13)14(20-7-9-24-10-8-20)11-19-17(23)21-6-2-5-18-16(22)12-21/h3-4,14H,2,5-12H2,1H3,(H,18,22)(H,19,23)/t14-/m0/s1. The van der Waals surface area contributed by atoms with E-state index >= 15 is 0 Å². The highest BCUT2D eigenvalue weighted by atomic mass is 16.5. The molecule has 8 heteroatoms. The van der Waals surface area contributed by atoms with Crippen molar-refractivity contribution in [1.29, 1.82) is 0 Å². The smallest absolute Gasteiger partial charge is 0.317 e. The molecule has 0 unspecified atom stereocenters. The van der Waals surface area contributed by atoms with Crippen molar-refractivity contribution < 1.29 is 18.7 Å². The van der Waals surface area contributed by atoms with Gasteiger partial charge in [-0.1, -0.05) is 0 Å². The van der Waals surface area contributed by atoms with Crippen molar-refractivity contribution >= 4 is 11.9 Å². The molecule has 1 aromatic rings. The van der Waals surface area contributed by atoms with Crippen LogP contribution in [0, 0.1) is 6.92 Å². The first-order chi connectivity index (χ1) is 12.1. The summed E-state index contributed by atoms with van der Waals surface area (Å²) in [4.78, 5) is 27.9. The summed E-state index contributed by atoms with van der Waals surface area (Å²) in [6.07, 6.45) is 0.767. The molecule has 2 fully saturated rings. The first-order valence-corrected chi connectivity index (χ1v) is 8.81. The Morgan fingerprint density at radius 2 is 2.12 bits per heavy atom. The summed E-state index contributed by atoms with van der Waals surface area (Å²) in [6.45, 7) is 6.59. The number of carbonyl (C=O) groups excluding carboxylic acids is 2. The highest BCUT2D eigenvalue weighted by Crippen LogP contribution is 2.23. The van der Waals surface area contributed by atoms with E-state index < -0.39 is 0 Å². The second-order valence-corrected chi connectivity index (χ2v) is 6.42. The fourth-order valence-corrected chi connectivity index (χ4v) is 3.21. The highest BCUT2D eigenvalue weighted by molar-refractivity contribution is 5.84. The van der Waals surface area contributed by atoms with Crippen molar-refractivity contribution in [2.75, 3.05) is 52.5 Å². The van der Waals surface area contributed by atoms with Gasteiger partial charge in [0, 0.05) is 32.7 Å². The molecule has 2 aliphatic heterocycles. The van der Waals surface area contributed by atoms with Crippen molar-refractivity contribution in [3.8, 4) is 0 Å². The maximum atomic E-state index is 12.5. The molecule has 25 heavy (non-hydrogen) atoms. The fourth-order valence-electron chi connectivity index (χ4n) is 3.21. The van der Waals surface area contributed by atoms with Gasteiger partial charge in [0.25, 0.3) is 0 Å². The summed E-state index contributed by atoms with van der Waals surface area (Å²) in [5.74, 6) is 1.58. The lowest BCUT2D eigenvalue weighted by molar-refractivity contribution is -0.121. The van der Waals surface area contributed by atoms with Gasteiger partial charge >= 0.3 is 6.03 Å². The monoisotopic (exact) mass is 350 g/mol. The summed E-state index contributed by atoms with van der Waals surface area (Å²) in [6, 6.07) is 3.64. The zero-order valence-electron chi connectivity index (χ0n) is 14.6. The number of nitrogens with one attached hydrogen (secondary N) is 2. The molecule has 0 bridgehead atoms. The maximum Gasteiger partial charge on any atom is 0.317 e. The third-order valence-electron chi connectivity index (χ3n) is 4.57. The average Bonchev–Trinajstić information content (AvgIpc) is 2.92. The van der Waals surface area contributed by atoms with Gasteiger partial charge in [-0.2, -0.15) is 0 Å². The van der Waals surface area contributed by atoms with Crippen LogP contribution in [0.4, 0.5) is 4.79 Å². The van der Waals surface area contributed by atoms with Crippen LogP contribution in [0.2, 0.25) is 0 Å². The van der Waals surface area contributed by atoms with E-state index in [1.165, 1.54) is 0 Å². The van der Waals surface area contributed by atoms with Crippen LogP contribution in [0.1, 0.15) is 24.0 Å². The molecule has 8 nitrogen and oxygen atoms in total. The van der Waals surface area contributed by atoms with Crippen LogP contribution >= 0.6 is 0 Å². The number of amides is 3. The second-order valence-electron chi connectivity index (χ2n) is 6.42. The maximum absolute atomic E-state index is 12.5. The molecule has 1 aromatic heterocycles. The van der Waals surface area contributed by atoms with Crippen molar-refractivity contribution in [3.63, 3.8) is 0 Å². The number of rotatable bonds is 4. The number of hydrogen-bond donors (Lipinski definition) is 2. The van der Waals surface area contributed by atoms with E-state index in [2.05, 4.69) is 15.5 Å². The average molecular weight is 350 g/mol. The molecule has 0 radical (unpaired) electrons. The van der Waals surface area contributed by atoms with Gasteiger partial charge in [0.05, 0.1) is 19.3 Å². The Kier molecular flexibility index (Phi) is 5.93. The van der Waals surface area contributed by atoms with Crippen molar-refractivity contribution in [2.45, 2.75) is 19.4 Å². The SMILES string of the molecule is Cc1ccc([C@H](CNC(=O)N2CCCNC(=O)C2)N2CCOCC2)o1. The number of morpholine rings is 1. The molecule has 0 saturated carbocycles. The van der Waals surface area contributed by atoms with Crippen molar-refractivity contribution in [1.82, 2.24) is 20.4 Å². The summed E-state index contributed by atoms with van der Waals surface area (Å²) in [7, 11) is 0. The Bertz CT molecular complexity index is 597. The topological polar surface area (TPSA) is 87.1 Å². The second kappa shape index (κ2) is 8.35. The number of hydrogen-bond acceptors (Lipinski definition) is 5. The van der Waals surface area contributed by atoms with E-state index in [-0.39, 0.29) is 24.5 Å². The number of aryl methyl sites for hydroxylation is 1. The van der Waals surface area contributed by atoms with Crippen molar-refractivity contribution in [3.05, 3.63) is 23.7 Å². The van der Waals surface area contributed by atoms with Gasteiger partial charge in [0.15, 0.2) is 0 Å². The van der Waals surface area contributed by atoms with E-state index in [9.17, 15) is 9.59 Å². The number of carbonyl (C=O) groups is 2. The molecule has 0 spiro atoms. The van der Waals surface area contributed by atoms with Gasteiger partial charge in [-0.25, -0.2) is 4.79 Å². The highest BCUT2D eigenvalue weighted by Gasteiger charge is 2.27. The zero-order chi connectivity index (χ0) is 17.6. The lowest BCUT2D eigenvalue weighted by atomic mass is 10.1. The number of nitrogens with zero attached hydrogens (tertiary/aromatic N) is 2. The first-order valence-electron chi connectivity index (χ1n) is 8.81. The molecule has 3 heterocycles. The minimum Gasteiger partial charge on any atom is -0.465 e. The van der Waals surface area contributed by atoms with Crippen LogP contribution < -0.4 is 10.6 Å². The van der Waals surface area contributed by atoms with E-state index in [4.69, 9.17) is 9.15 Å². The van der Waals surface area contributed by atoms with E-state index in [1.54, 1.807) is 4.90 Å². The van der Waals surface area contributed by atoms with Gasteiger partial charge in [0.2, 0.25) is 5.91 Å². The van der Waals surface area contributed by atoms with Crippen LogP contribution in [0.5, 0.6) is 0 Å². The van der Waals surface area contributed by atoms with E-state index in [0.717, 1.165) is 31.0 Å². The Morgan fingerprint density at radius 3 is 2.84 bits per heavy atom. The van der Waals surface area contributed by atoms with Gasteiger partial charge in [-0.05, 0) is 25.5 Å². The Morgan fingerprint density at radius 1 is 1.32 bits per heavy atom. The lowest BCUT2D eigenvalue weighted by Crippen LogP contribution is -2.48. The predicted octanol–water partition coefficient (Wildman–Crippen LogP) is 0.493. The fraction of sp³-hybridized carbons (Fsp3) is 0.647. The Labute approximate surface area is 147 Å². The molecule has 138 valence electrons. The van der Waals surface area contributed by atoms with Gasteiger partial charge in [-0.15, -0.1) is 0 Å². The quantitative estimate of drug-likeness (QED) is 0.825. The molecule has 2 N–H and O–H groups in total. The summed E-state index contributed by atoms with van der Waals surface area (Å²) in [5, 5.41) is 5.75. The Hall–Kier alpha value is -2.06. The molecule has 3 amide bonds. The molecule has 3 rings (SSSR count). The minimum atomic E-state index is -0.210. The van der Waals surface area contributed by atoms with E-state index in [0.29, 0.717) is 32.8 Å². The largest absolute Gasteiger partial charge is 0.465 e. The molecule has 0 aliphatic carbocycles. The summed E-state index contributed by atoms with van der Waals surface area (Å²) >= 11 is 0. The number of ether oxygens (including phenoxy) is 1. The third-order valence-corrected chi connectivity index (χ3v) is 4.57. The van der Waals surface area contributed by atoms with Crippen LogP contribution in [-0.4, -0.2) is 74.2 Å². The van der Waals surface area contributed by atoms with Gasteiger partial charge < -0.3 is 24.7 Å². The molecule has 2 aliphatic rings. The van der Waals surface area contributed by atoms with Gasteiger partial charge in [-0.3, -0.25) is 9.69 Å². The third kappa shape index (κ3) is 4.73. The lowest BCUT2D eigenvalue weighted by Gasteiger charge is -2.33. The first kappa shape index (κ1) is 17.8. The van der Waals surface area contributed by atoms with Gasteiger partial charge in [0.1, 0.15) is 18.1 Å². The normalized spacial score (nSPS) is 20.7. The van der Waals surface area contributed by atoms with Crippen LogP contribution in [0.15, 0.2) is 16.5 Å². The van der Waals surface area contributed by atoms with Crippen LogP contribution in [0.25, 0.3) is 0 Å². The predicted molar refractivity (Wildman–Crippen MR) is 91.2 cm³/mol.